The fourth-order valence-electron chi connectivity index (χ4n) is 3.64. The molecule has 0 aliphatic carbocycles. The molecule has 0 aliphatic rings. The topological polar surface area (TPSA) is 111 Å². The van der Waals surface area contributed by atoms with Crippen LogP contribution in [0.15, 0.2) is 71.6 Å². The van der Waals surface area contributed by atoms with E-state index in [9.17, 15) is 18.3 Å². The van der Waals surface area contributed by atoms with Crippen LogP contribution in [0.25, 0.3) is 0 Å². The molecule has 0 heterocycles. The lowest BCUT2D eigenvalue weighted by Gasteiger charge is -2.20. The van der Waals surface area contributed by atoms with E-state index in [0.29, 0.717) is 18.5 Å². The van der Waals surface area contributed by atoms with E-state index < -0.39 is 22.6 Å². The third kappa shape index (κ3) is 6.32. The second-order valence-electron chi connectivity index (χ2n) is 7.79. The van der Waals surface area contributed by atoms with Crippen molar-refractivity contribution in [1.82, 2.24) is 5.32 Å². The fourth-order valence-corrected chi connectivity index (χ4v) is 4.63. The Morgan fingerprint density at radius 1 is 1.00 bits per heavy atom. The molecule has 0 fully saturated rings. The molecule has 35 heavy (non-hydrogen) atoms. The largest absolute Gasteiger partial charge is 0.497 e. The quantitative estimate of drug-likeness (QED) is 0.389. The van der Waals surface area contributed by atoms with Crippen LogP contribution in [0.1, 0.15) is 29.5 Å². The minimum atomic E-state index is -4.19. The van der Waals surface area contributed by atoms with Crippen LogP contribution in [0.5, 0.6) is 17.2 Å². The van der Waals surface area contributed by atoms with Crippen molar-refractivity contribution in [1.29, 1.82) is 0 Å². The van der Waals surface area contributed by atoms with E-state index in [1.165, 1.54) is 25.3 Å². The second-order valence-corrected chi connectivity index (χ2v) is 9.33. The number of aliphatic hydroxyl groups excluding tert-OH is 1. The van der Waals surface area contributed by atoms with Crippen LogP contribution in [0.3, 0.4) is 0 Å². The van der Waals surface area contributed by atoms with Crippen LogP contribution in [-0.4, -0.2) is 40.2 Å². The van der Waals surface area contributed by atoms with Gasteiger partial charge >= 0.3 is 10.1 Å². The molecule has 2 N–H and O–H groups in total. The summed E-state index contributed by atoms with van der Waals surface area (Å²) in [6.45, 7) is 1.53. The average molecular weight is 500 g/mol. The molecule has 1 unspecified atom stereocenters. The maximum absolute atomic E-state index is 12.9. The monoisotopic (exact) mass is 499 g/mol. The summed E-state index contributed by atoms with van der Waals surface area (Å²) in [5.41, 5.74) is 1.62. The molecular weight excluding hydrogens is 470 g/mol. The summed E-state index contributed by atoms with van der Waals surface area (Å²) in [5.74, 6) is -0.235. The summed E-state index contributed by atoms with van der Waals surface area (Å²) < 4.78 is 41.6. The third-order valence-corrected chi connectivity index (χ3v) is 6.81. The molecule has 3 aromatic carbocycles. The highest BCUT2D eigenvalue weighted by Gasteiger charge is 2.27. The fraction of sp³-hybridized carbons (Fsp3) is 0.269. The van der Waals surface area contributed by atoms with Crippen molar-refractivity contribution in [3.63, 3.8) is 0 Å². The zero-order chi connectivity index (χ0) is 25.4. The highest BCUT2D eigenvalue weighted by molar-refractivity contribution is 7.87. The normalized spacial score (nSPS) is 12.0. The number of amides is 1. The summed E-state index contributed by atoms with van der Waals surface area (Å²) >= 11 is 0. The Morgan fingerprint density at radius 2 is 1.74 bits per heavy atom. The Balaban J connectivity index is 1.81. The van der Waals surface area contributed by atoms with E-state index in [-0.39, 0.29) is 27.9 Å². The second kappa shape index (κ2) is 11.7. The number of nitrogens with one attached hydrogen (secondary N) is 1. The van der Waals surface area contributed by atoms with Crippen molar-refractivity contribution in [3.05, 3.63) is 83.4 Å². The molecular formula is C26H29NO7S. The van der Waals surface area contributed by atoms with Gasteiger partial charge in [-0.1, -0.05) is 36.4 Å². The smallest absolute Gasteiger partial charge is 0.339 e. The van der Waals surface area contributed by atoms with Gasteiger partial charge in [-0.3, -0.25) is 4.79 Å². The lowest BCUT2D eigenvalue weighted by Crippen LogP contribution is -2.30. The number of ether oxygens (including phenoxy) is 2. The van der Waals surface area contributed by atoms with Gasteiger partial charge in [0, 0.05) is 12.1 Å². The number of carbonyl (C=O) groups excluding carboxylic acids is 1. The van der Waals surface area contributed by atoms with Crippen molar-refractivity contribution in [2.24, 2.45) is 0 Å². The number of benzene rings is 3. The SMILES string of the molecule is COc1cccc(CCNC(=O)C(C)c2ccc(OC)c(OS(=O)(=O)c3ccccc3)c2CO)c1. The van der Waals surface area contributed by atoms with Gasteiger partial charge < -0.3 is 24.1 Å². The average Bonchev–Trinajstić information content (AvgIpc) is 2.88. The van der Waals surface area contributed by atoms with Gasteiger partial charge in [0.05, 0.1) is 26.7 Å². The first-order valence-corrected chi connectivity index (χ1v) is 12.4. The van der Waals surface area contributed by atoms with E-state index >= 15 is 0 Å². The van der Waals surface area contributed by atoms with E-state index in [1.807, 2.05) is 24.3 Å². The molecule has 3 rings (SSSR count). The molecule has 0 aromatic heterocycles. The Kier molecular flexibility index (Phi) is 8.73. The Morgan fingerprint density at radius 3 is 2.40 bits per heavy atom. The highest BCUT2D eigenvalue weighted by atomic mass is 32.2. The van der Waals surface area contributed by atoms with Gasteiger partial charge in [0.2, 0.25) is 5.91 Å². The van der Waals surface area contributed by atoms with Crippen molar-refractivity contribution in [3.8, 4) is 17.2 Å². The van der Waals surface area contributed by atoms with Gasteiger partial charge in [-0.05, 0) is 54.8 Å². The lowest BCUT2D eigenvalue weighted by molar-refractivity contribution is -0.122. The van der Waals surface area contributed by atoms with Crippen molar-refractivity contribution in [2.45, 2.75) is 30.8 Å². The van der Waals surface area contributed by atoms with Crippen molar-refractivity contribution in [2.75, 3.05) is 20.8 Å². The standard InChI is InChI=1S/C26H29NO7S/c1-18(26(29)27-15-14-19-8-7-9-20(16-19)32-2)22-12-13-24(33-3)25(23(22)17-28)34-35(30,31)21-10-5-4-6-11-21/h4-13,16,18,28H,14-15,17H2,1-3H3,(H,27,29). The number of aliphatic hydroxyl groups is 1. The van der Waals surface area contributed by atoms with E-state index in [1.54, 1.807) is 38.3 Å². The molecule has 0 saturated carbocycles. The minimum Gasteiger partial charge on any atom is -0.497 e. The van der Waals surface area contributed by atoms with Crippen LogP contribution >= 0.6 is 0 Å². The first-order chi connectivity index (χ1) is 16.8. The van der Waals surface area contributed by atoms with Crippen LogP contribution in [-0.2, 0) is 27.9 Å². The first-order valence-electron chi connectivity index (χ1n) is 11.0. The zero-order valence-electron chi connectivity index (χ0n) is 19.9. The maximum Gasteiger partial charge on any atom is 0.339 e. The summed E-state index contributed by atoms with van der Waals surface area (Å²) in [6, 6.07) is 18.4. The third-order valence-electron chi connectivity index (χ3n) is 5.57. The summed E-state index contributed by atoms with van der Waals surface area (Å²) in [4.78, 5) is 12.8. The van der Waals surface area contributed by atoms with Gasteiger partial charge in [-0.15, -0.1) is 0 Å². The highest BCUT2D eigenvalue weighted by Crippen LogP contribution is 2.38. The lowest BCUT2D eigenvalue weighted by atomic mass is 9.94. The van der Waals surface area contributed by atoms with Gasteiger partial charge in [0.25, 0.3) is 0 Å². The van der Waals surface area contributed by atoms with Crippen molar-refractivity contribution < 1.29 is 32.0 Å². The summed E-state index contributed by atoms with van der Waals surface area (Å²) in [7, 11) is -1.23. The van der Waals surface area contributed by atoms with Gasteiger partial charge in [0.1, 0.15) is 10.6 Å². The Labute approximate surface area is 205 Å². The Bertz CT molecular complexity index is 1260. The van der Waals surface area contributed by atoms with E-state index in [0.717, 1.165) is 11.3 Å². The number of carbonyl (C=O) groups is 1. The molecule has 0 bridgehead atoms. The number of hydrogen-bond acceptors (Lipinski definition) is 7. The predicted molar refractivity (Wildman–Crippen MR) is 131 cm³/mol. The molecule has 0 radical (unpaired) electrons. The summed E-state index contributed by atoms with van der Waals surface area (Å²) in [5, 5.41) is 13.0. The summed E-state index contributed by atoms with van der Waals surface area (Å²) in [6.07, 6.45) is 0.606. The van der Waals surface area contributed by atoms with Gasteiger partial charge in [-0.2, -0.15) is 8.42 Å². The van der Waals surface area contributed by atoms with Gasteiger partial charge in [0.15, 0.2) is 11.5 Å². The molecule has 1 atom stereocenters. The van der Waals surface area contributed by atoms with Crippen LogP contribution in [0.4, 0.5) is 0 Å². The van der Waals surface area contributed by atoms with E-state index in [4.69, 9.17) is 13.7 Å². The van der Waals surface area contributed by atoms with Gasteiger partial charge in [-0.25, -0.2) is 0 Å². The molecule has 1 amide bonds. The molecule has 3 aromatic rings. The molecule has 0 spiro atoms. The van der Waals surface area contributed by atoms with Crippen LogP contribution < -0.4 is 19.0 Å². The van der Waals surface area contributed by atoms with Crippen LogP contribution in [0.2, 0.25) is 0 Å². The van der Waals surface area contributed by atoms with E-state index in [2.05, 4.69) is 5.32 Å². The first kappa shape index (κ1) is 26.1. The minimum absolute atomic E-state index is 0.0420. The van der Waals surface area contributed by atoms with Crippen LogP contribution in [0, 0.1) is 0 Å². The van der Waals surface area contributed by atoms with Crippen molar-refractivity contribution >= 4 is 16.0 Å². The number of rotatable bonds is 11. The predicted octanol–water partition coefficient (Wildman–Crippen LogP) is 3.43. The number of methoxy groups -OCH3 is 2. The molecule has 186 valence electrons. The zero-order valence-corrected chi connectivity index (χ0v) is 20.7. The maximum atomic E-state index is 12.9. The molecule has 8 nitrogen and oxygen atoms in total. The molecule has 9 heteroatoms. The molecule has 0 saturated heterocycles. The Hall–Kier alpha value is -3.56. The molecule has 0 aliphatic heterocycles. The number of hydrogen-bond donors (Lipinski definition) is 2.